The van der Waals surface area contributed by atoms with Gasteiger partial charge in [0.1, 0.15) is 0 Å². The fourth-order valence-corrected chi connectivity index (χ4v) is 0.497. The summed E-state index contributed by atoms with van der Waals surface area (Å²) in [6, 6.07) is 0. The van der Waals surface area contributed by atoms with Crippen LogP contribution in [-0.2, 0) is 11.8 Å². The zero-order chi connectivity index (χ0) is 8.27. The topological polar surface area (TPSA) is 72.7 Å². The van der Waals surface area contributed by atoms with Crippen LogP contribution in [0.25, 0.3) is 0 Å². The first-order valence-corrected chi connectivity index (χ1v) is 2.90. The van der Waals surface area contributed by atoms with Crippen molar-refractivity contribution in [1.29, 1.82) is 0 Å². The summed E-state index contributed by atoms with van der Waals surface area (Å²) >= 11 is 0. The van der Waals surface area contributed by atoms with E-state index in [0.29, 0.717) is 5.95 Å². The average Bonchev–Trinajstić information content (AvgIpc) is 2.37. The van der Waals surface area contributed by atoms with Gasteiger partial charge in [-0.3, -0.25) is 10.1 Å². The first-order chi connectivity index (χ1) is 5.24. The first kappa shape index (κ1) is 7.39. The van der Waals surface area contributed by atoms with Gasteiger partial charge in [0.05, 0.1) is 0 Å². The first-order valence-electron chi connectivity index (χ1n) is 2.90. The van der Waals surface area contributed by atoms with Gasteiger partial charge in [-0.25, -0.2) is 4.68 Å². The van der Waals surface area contributed by atoms with Crippen LogP contribution in [0.15, 0.2) is 12.7 Å². The van der Waals surface area contributed by atoms with Gasteiger partial charge in [0.15, 0.2) is 0 Å². The molecule has 0 aromatic carbocycles. The molecule has 0 saturated carbocycles. The highest BCUT2D eigenvalue weighted by atomic mass is 16.1. The minimum absolute atomic E-state index is 0.301. The Kier molecular flexibility index (Phi) is 1.95. The van der Waals surface area contributed by atoms with Crippen molar-refractivity contribution in [3.8, 4) is 0 Å². The second-order valence-electron chi connectivity index (χ2n) is 1.82. The second kappa shape index (κ2) is 2.91. The number of carbonyl (C=O) groups is 1. The third-order valence-electron chi connectivity index (χ3n) is 1.04. The average molecular weight is 153 g/mol. The van der Waals surface area contributed by atoms with E-state index in [-0.39, 0.29) is 5.91 Å². The monoisotopic (exact) mass is 153 g/mol. The van der Waals surface area contributed by atoms with Crippen LogP contribution in [0.3, 0.4) is 0 Å². The van der Waals surface area contributed by atoms with Gasteiger partial charge in [0.2, 0.25) is 11.9 Å². The molecule has 0 atom stereocenters. The van der Waals surface area contributed by atoms with Gasteiger partial charge in [-0.15, -0.1) is 0 Å². The smallest absolute Gasteiger partial charge is 0.250 e. The SMILES string of the molecule is C=CC(=O)Nc1nnnn1C. The Morgan fingerprint density at radius 2 is 2.55 bits per heavy atom. The lowest BCUT2D eigenvalue weighted by atomic mass is 10.6. The van der Waals surface area contributed by atoms with E-state index in [2.05, 4.69) is 27.4 Å². The molecule has 6 nitrogen and oxygen atoms in total. The normalized spacial score (nSPS) is 9.18. The number of rotatable bonds is 2. The van der Waals surface area contributed by atoms with Crippen LogP contribution in [0.5, 0.6) is 0 Å². The molecule has 1 heterocycles. The summed E-state index contributed by atoms with van der Waals surface area (Å²) in [4.78, 5) is 10.7. The molecular weight excluding hydrogens is 146 g/mol. The van der Waals surface area contributed by atoms with Crippen LogP contribution in [0.2, 0.25) is 0 Å². The largest absolute Gasteiger partial charge is 0.290 e. The number of hydrogen-bond acceptors (Lipinski definition) is 4. The number of amides is 1. The number of nitrogens with one attached hydrogen (secondary N) is 1. The van der Waals surface area contributed by atoms with E-state index in [0.717, 1.165) is 6.08 Å². The maximum absolute atomic E-state index is 10.7. The Morgan fingerprint density at radius 1 is 1.82 bits per heavy atom. The standard InChI is InChI=1S/C5H7N5O/c1-3-4(11)6-5-7-8-9-10(5)2/h3H,1H2,2H3,(H,6,7,9,11). The summed E-state index contributed by atoms with van der Waals surface area (Å²) in [5.41, 5.74) is 0. The summed E-state index contributed by atoms with van der Waals surface area (Å²) < 4.78 is 1.35. The highest BCUT2D eigenvalue weighted by Crippen LogP contribution is 1.94. The van der Waals surface area contributed by atoms with Gasteiger partial charge < -0.3 is 0 Å². The molecule has 0 radical (unpaired) electrons. The molecule has 58 valence electrons. The van der Waals surface area contributed by atoms with Crippen LogP contribution < -0.4 is 5.32 Å². The molecule has 1 rings (SSSR count). The number of hydrogen-bond donors (Lipinski definition) is 1. The molecule has 0 saturated heterocycles. The molecule has 1 aromatic rings. The van der Waals surface area contributed by atoms with Gasteiger partial charge in [-0.05, 0) is 16.5 Å². The zero-order valence-corrected chi connectivity index (χ0v) is 5.98. The number of tetrazole rings is 1. The van der Waals surface area contributed by atoms with E-state index in [9.17, 15) is 4.79 Å². The molecule has 0 bridgehead atoms. The summed E-state index contributed by atoms with van der Waals surface area (Å²) in [7, 11) is 1.62. The minimum Gasteiger partial charge on any atom is -0.290 e. The van der Waals surface area contributed by atoms with Gasteiger partial charge in [0.25, 0.3) is 0 Å². The molecule has 11 heavy (non-hydrogen) atoms. The van der Waals surface area contributed by atoms with E-state index in [1.54, 1.807) is 7.05 Å². The quantitative estimate of drug-likeness (QED) is 0.572. The highest BCUT2D eigenvalue weighted by Gasteiger charge is 2.02. The number of nitrogens with zero attached hydrogens (tertiary/aromatic N) is 4. The summed E-state index contributed by atoms with van der Waals surface area (Å²) in [6.07, 6.45) is 1.15. The van der Waals surface area contributed by atoms with Gasteiger partial charge >= 0.3 is 0 Å². The zero-order valence-electron chi connectivity index (χ0n) is 5.98. The second-order valence-corrected chi connectivity index (χ2v) is 1.82. The lowest BCUT2D eigenvalue weighted by molar-refractivity contribution is -0.111. The Morgan fingerprint density at radius 3 is 3.00 bits per heavy atom. The van der Waals surface area contributed by atoms with Crippen molar-refractivity contribution in [1.82, 2.24) is 20.2 Å². The Bertz CT molecular complexity index is 278. The number of aromatic nitrogens is 4. The molecule has 0 aliphatic heterocycles. The van der Waals surface area contributed by atoms with E-state index in [1.807, 2.05) is 0 Å². The van der Waals surface area contributed by atoms with Crippen LogP contribution in [0.4, 0.5) is 5.95 Å². The molecule has 0 fully saturated rings. The Hall–Kier alpha value is -1.72. The fourth-order valence-electron chi connectivity index (χ4n) is 0.497. The van der Waals surface area contributed by atoms with Gasteiger partial charge in [-0.1, -0.05) is 11.7 Å². The van der Waals surface area contributed by atoms with Crippen LogP contribution in [-0.4, -0.2) is 26.1 Å². The number of aryl methyl sites for hydroxylation is 1. The van der Waals surface area contributed by atoms with Gasteiger partial charge in [0, 0.05) is 7.05 Å². The van der Waals surface area contributed by atoms with Crippen molar-refractivity contribution >= 4 is 11.9 Å². The Labute approximate surface area is 62.9 Å². The Balaban J connectivity index is 2.71. The van der Waals surface area contributed by atoms with Crippen molar-refractivity contribution in [2.24, 2.45) is 7.05 Å². The van der Waals surface area contributed by atoms with Crippen LogP contribution in [0.1, 0.15) is 0 Å². The summed E-state index contributed by atoms with van der Waals surface area (Å²) in [5, 5.41) is 12.8. The van der Waals surface area contributed by atoms with E-state index in [1.165, 1.54) is 4.68 Å². The number of anilines is 1. The fraction of sp³-hybridized carbons (Fsp3) is 0.200. The third-order valence-corrected chi connectivity index (χ3v) is 1.04. The van der Waals surface area contributed by atoms with Crippen LogP contribution in [0, 0.1) is 0 Å². The van der Waals surface area contributed by atoms with Crippen LogP contribution >= 0.6 is 0 Å². The van der Waals surface area contributed by atoms with E-state index < -0.39 is 0 Å². The van der Waals surface area contributed by atoms with Gasteiger partial charge in [-0.2, -0.15) is 0 Å². The van der Waals surface area contributed by atoms with Crippen molar-refractivity contribution < 1.29 is 4.79 Å². The van der Waals surface area contributed by atoms with E-state index >= 15 is 0 Å². The molecule has 0 aliphatic rings. The third kappa shape index (κ3) is 1.60. The number of carbonyl (C=O) groups excluding carboxylic acids is 1. The molecule has 6 heteroatoms. The van der Waals surface area contributed by atoms with Crippen molar-refractivity contribution in [2.75, 3.05) is 5.32 Å². The predicted octanol–water partition coefficient (Wildman–Crippen LogP) is -0.665. The lowest BCUT2D eigenvalue weighted by Gasteiger charge is -1.96. The highest BCUT2D eigenvalue weighted by molar-refractivity contribution is 5.97. The minimum atomic E-state index is -0.331. The lowest BCUT2D eigenvalue weighted by Crippen LogP contribution is -2.11. The van der Waals surface area contributed by atoms with Crippen molar-refractivity contribution in [3.05, 3.63) is 12.7 Å². The molecule has 1 N–H and O–H groups in total. The maximum Gasteiger partial charge on any atom is 0.250 e. The molecular formula is C5H7N5O. The summed E-state index contributed by atoms with van der Waals surface area (Å²) in [6.45, 7) is 3.28. The molecule has 0 unspecified atom stereocenters. The molecule has 0 spiro atoms. The van der Waals surface area contributed by atoms with Crippen molar-refractivity contribution in [3.63, 3.8) is 0 Å². The maximum atomic E-state index is 10.7. The predicted molar refractivity (Wildman–Crippen MR) is 37.6 cm³/mol. The molecule has 1 amide bonds. The molecule has 1 aromatic heterocycles. The summed E-state index contributed by atoms with van der Waals surface area (Å²) in [5.74, 6) is -0.0298. The van der Waals surface area contributed by atoms with Crippen molar-refractivity contribution in [2.45, 2.75) is 0 Å². The molecule has 0 aliphatic carbocycles. The van der Waals surface area contributed by atoms with E-state index in [4.69, 9.17) is 0 Å².